The van der Waals surface area contributed by atoms with Gasteiger partial charge < -0.3 is 10.1 Å². The van der Waals surface area contributed by atoms with Gasteiger partial charge in [0, 0.05) is 10.8 Å². The van der Waals surface area contributed by atoms with E-state index in [4.69, 9.17) is 4.74 Å². The van der Waals surface area contributed by atoms with Crippen LogP contribution in [0.3, 0.4) is 0 Å². The molecule has 5 heteroatoms. The standard InChI is InChI=1S/C13H17NO3S/c1-6-5-9(6)11(15)14-12-10(13(16)17-4)7(2)8(3)18-12/h6,9H,5H2,1-4H3,(H,14,15). The number of thiophene rings is 1. The molecule has 0 aliphatic heterocycles. The van der Waals surface area contributed by atoms with E-state index in [9.17, 15) is 9.59 Å². The van der Waals surface area contributed by atoms with Crippen molar-refractivity contribution in [2.75, 3.05) is 12.4 Å². The average Bonchev–Trinajstić information content (AvgIpc) is 2.99. The molecule has 0 saturated heterocycles. The molecular formula is C13H17NO3S. The maximum absolute atomic E-state index is 11.9. The summed E-state index contributed by atoms with van der Waals surface area (Å²) >= 11 is 1.43. The third-order valence-electron chi connectivity index (χ3n) is 3.46. The molecule has 1 aliphatic rings. The predicted molar refractivity (Wildman–Crippen MR) is 71.0 cm³/mol. The van der Waals surface area contributed by atoms with E-state index in [1.165, 1.54) is 18.4 Å². The van der Waals surface area contributed by atoms with Gasteiger partial charge in [0.25, 0.3) is 0 Å². The van der Waals surface area contributed by atoms with Crippen LogP contribution in [-0.4, -0.2) is 19.0 Å². The molecular weight excluding hydrogens is 250 g/mol. The number of anilines is 1. The minimum atomic E-state index is -0.393. The number of hydrogen-bond donors (Lipinski definition) is 1. The van der Waals surface area contributed by atoms with Crippen LogP contribution in [0.5, 0.6) is 0 Å². The molecule has 4 nitrogen and oxygen atoms in total. The lowest BCUT2D eigenvalue weighted by molar-refractivity contribution is -0.117. The Morgan fingerprint density at radius 2 is 2.00 bits per heavy atom. The lowest BCUT2D eigenvalue weighted by Crippen LogP contribution is -2.16. The Labute approximate surface area is 110 Å². The Balaban J connectivity index is 2.24. The topological polar surface area (TPSA) is 55.4 Å². The van der Waals surface area contributed by atoms with Crippen molar-refractivity contribution in [2.45, 2.75) is 27.2 Å². The lowest BCUT2D eigenvalue weighted by atomic mass is 10.1. The van der Waals surface area contributed by atoms with Crippen LogP contribution < -0.4 is 5.32 Å². The Kier molecular flexibility index (Phi) is 3.43. The van der Waals surface area contributed by atoms with Gasteiger partial charge in [-0.15, -0.1) is 11.3 Å². The first-order valence-electron chi connectivity index (χ1n) is 5.94. The second-order valence-electron chi connectivity index (χ2n) is 4.79. The minimum absolute atomic E-state index is 0.00824. The molecule has 2 atom stereocenters. The second-order valence-corrected chi connectivity index (χ2v) is 6.01. The van der Waals surface area contributed by atoms with Gasteiger partial charge >= 0.3 is 5.97 Å². The van der Waals surface area contributed by atoms with Crippen LogP contribution in [-0.2, 0) is 9.53 Å². The van der Waals surface area contributed by atoms with Gasteiger partial charge in [-0.1, -0.05) is 6.92 Å². The summed E-state index contributed by atoms with van der Waals surface area (Å²) in [5, 5.41) is 3.47. The van der Waals surface area contributed by atoms with Crippen LogP contribution in [0, 0.1) is 25.7 Å². The molecule has 1 fully saturated rings. The summed E-state index contributed by atoms with van der Waals surface area (Å²) in [7, 11) is 1.35. The van der Waals surface area contributed by atoms with Gasteiger partial charge in [-0.25, -0.2) is 4.79 Å². The third kappa shape index (κ3) is 2.27. The van der Waals surface area contributed by atoms with Crippen LogP contribution >= 0.6 is 11.3 Å². The predicted octanol–water partition coefficient (Wildman–Crippen LogP) is 2.75. The number of esters is 1. The Bertz CT molecular complexity index is 507. The molecule has 2 rings (SSSR count). The SMILES string of the molecule is COC(=O)c1c(NC(=O)C2CC2C)sc(C)c1C. The van der Waals surface area contributed by atoms with E-state index >= 15 is 0 Å². The number of amides is 1. The van der Waals surface area contributed by atoms with Gasteiger partial charge in [-0.2, -0.15) is 0 Å². The highest BCUT2D eigenvalue weighted by atomic mass is 32.1. The summed E-state index contributed by atoms with van der Waals surface area (Å²) in [6.45, 7) is 5.85. The summed E-state index contributed by atoms with van der Waals surface area (Å²) < 4.78 is 4.77. The van der Waals surface area contributed by atoms with E-state index in [0.29, 0.717) is 16.5 Å². The highest BCUT2D eigenvalue weighted by Crippen LogP contribution is 2.40. The summed E-state index contributed by atoms with van der Waals surface area (Å²) in [4.78, 5) is 24.7. The van der Waals surface area contributed by atoms with Crippen molar-refractivity contribution in [3.8, 4) is 0 Å². The number of carbonyl (C=O) groups excluding carboxylic acids is 2. The van der Waals surface area contributed by atoms with Crippen LogP contribution in [0.1, 0.15) is 34.1 Å². The fraction of sp³-hybridized carbons (Fsp3) is 0.538. The quantitative estimate of drug-likeness (QED) is 0.857. The molecule has 98 valence electrons. The highest BCUT2D eigenvalue weighted by Gasteiger charge is 2.39. The smallest absolute Gasteiger partial charge is 0.341 e. The maximum atomic E-state index is 11.9. The number of rotatable bonds is 3. The molecule has 1 amide bonds. The highest BCUT2D eigenvalue weighted by molar-refractivity contribution is 7.16. The summed E-state index contributed by atoms with van der Waals surface area (Å²) in [6, 6.07) is 0. The largest absolute Gasteiger partial charge is 0.465 e. The summed E-state index contributed by atoms with van der Waals surface area (Å²) in [6.07, 6.45) is 0.933. The normalized spacial score (nSPS) is 21.6. The Hall–Kier alpha value is -1.36. The van der Waals surface area contributed by atoms with Crippen LogP contribution in [0.25, 0.3) is 0 Å². The number of carbonyl (C=O) groups is 2. The molecule has 1 N–H and O–H groups in total. The van der Waals surface area contributed by atoms with Crippen LogP contribution in [0.4, 0.5) is 5.00 Å². The Morgan fingerprint density at radius 1 is 1.39 bits per heavy atom. The fourth-order valence-electron chi connectivity index (χ4n) is 1.95. The third-order valence-corrected chi connectivity index (χ3v) is 4.58. The van der Waals surface area contributed by atoms with E-state index in [2.05, 4.69) is 12.2 Å². The molecule has 1 heterocycles. The maximum Gasteiger partial charge on any atom is 0.341 e. The van der Waals surface area contributed by atoms with Crippen molar-refractivity contribution < 1.29 is 14.3 Å². The lowest BCUT2D eigenvalue weighted by Gasteiger charge is -2.05. The molecule has 1 saturated carbocycles. The van der Waals surface area contributed by atoms with Crippen LogP contribution in [0.2, 0.25) is 0 Å². The van der Waals surface area contributed by atoms with Gasteiger partial charge in [-0.3, -0.25) is 4.79 Å². The van der Waals surface area contributed by atoms with E-state index in [1.54, 1.807) is 0 Å². The first-order valence-corrected chi connectivity index (χ1v) is 6.76. The number of aryl methyl sites for hydroxylation is 1. The molecule has 0 radical (unpaired) electrons. The molecule has 18 heavy (non-hydrogen) atoms. The van der Waals surface area contributed by atoms with Crippen molar-refractivity contribution in [1.29, 1.82) is 0 Å². The number of ether oxygens (including phenoxy) is 1. The Morgan fingerprint density at radius 3 is 2.50 bits per heavy atom. The summed E-state index contributed by atoms with van der Waals surface area (Å²) in [5.41, 5.74) is 1.37. The van der Waals surface area contributed by atoms with Crippen LogP contribution in [0.15, 0.2) is 0 Å². The monoisotopic (exact) mass is 267 g/mol. The number of nitrogens with one attached hydrogen (secondary N) is 1. The molecule has 1 aromatic rings. The molecule has 2 unspecified atom stereocenters. The van der Waals surface area contributed by atoms with E-state index in [1.807, 2.05) is 13.8 Å². The first-order chi connectivity index (χ1) is 8.45. The molecule has 0 bridgehead atoms. The number of hydrogen-bond acceptors (Lipinski definition) is 4. The fourth-order valence-corrected chi connectivity index (χ4v) is 3.01. The van der Waals surface area contributed by atoms with Gasteiger partial charge in [0.05, 0.1) is 12.7 Å². The average molecular weight is 267 g/mol. The van der Waals surface area contributed by atoms with Gasteiger partial charge in [-0.05, 0) is 31.7 Å². The minimum Gasteiger partial charge on any atom is -0.465 e. The van der Waals surface area contributed by atoms with E-state index in [-0.39, 0.29) is 11.8 Å². The van der Waals surface area contributed by atoms with Crippen molar-refractivity contribution in [3.63, 3.8) is 0 Å². The first kappa shape index (κ1) is 13.1. The zero-order chi connectivity index (χ0) is 13.4. The van der Waals surface area contributed by atoms with Gasteiger partial charge in [0.2, 0.25) is 5.91 Å². The van der Waals surface area contributed by atoms with Gasteiger partial charge in [0.15, 0.2) is 0 Å². The molecule has 0 spiro atoms. The zero-order valence-electron chi connectivity index (χ0n) is 11.0. The zero-order valence-corrected chi connectivity index (χ0v) is 11.8. The second kappa shape index (κ2) is 4.72. The van der Waals surface area contributed by atoms with Crippen molar-refractivity contribution in [1.82, 2.24) is 0 Å². The molecule has 1 aliphatic carbocycles. The number of methoxy groups -OCH3 is 1. The van der Waals surface area contributed by atoms with Crippen molar-refractivity contribution in [2.24, 2.45) is 11.8 Å². The van der Waals surface area contributed by atoms with E-state index in [0.717, 1.165) is 16.9 Å². The molecule has 1 aromatic heterocycles. The van der Waals surface area contributed by atoms with Gasteiger partial charge in [0.1, 0.15) is 5.00 Å². The van der Waals surface area contributed by atoms with Crippen molar-refractivity contribution in [3.05, 3.63) is 16.0 Å². The van der Waals surface area contributed by atoms with Crippen molar-refractivity contribution >= 4 is 28.2 Å². The molecule has 0 aromatic carbocycles. The van der Waals surface area contributed by atoms with E-state index < -0.39 is 5.97 Å². The summed E-state index contributed by atoms with van der Waals surface area (Å²) in [5.74, 6) is 0.164.